The molecule has 0 aliphatic heterocycles. The van der Waals surface area contributed by atoms with E-state index < -0.39 is 5.97 Å². The van der Waals surface area contributed by atoms with Gasteiger partial charge in [-0.05, 0) is 30.0 Å². The van der Waals surface area contributed by atoms with Gasteiger partial charge in [0.15, 0.2) is 0 Å². The molecule has 0 fully saturated rings. The molecular formula is C14H15NO2S. The monoisotopic (exact) mass is 261 g/mol. The molecule has 0 aliphatic carbocycles. The summed E-state index contributed by atoms with van der Waals surface area (Å²) in [5, 5.41) is 0. The second-order valence-electron chi connectivity index (χ2n) is 3.97. The summed E-state index contributed by atoms with van der Waals surface area (Å²) >= 11 is 1.44. The summed E-state index contributed by atoms with van der Waals surface area (Å²) in [5.74, 6) is 4.53. The first-order valence-electron chi connectivity index (χ1n) is 5.77. The average molecular weight is 261 g/mol. The molecule has 0 unspecified atom stereocenters. The maximum absolute atomic E-state index is 11.7. The maximum Gasteiger partial charge on any atom is 0.367 e. The summed E-state index contributed by atoms with van der Waals surface area (Å²) in [5.41, 5.74) is 3.27. The van der Waals surface area contributed by atoms with Gasteiger partial charge in [0.2, 0.25) is 0 Å². The molecule has 1 heterocycles. The molecule has 1 aromatic carbocycles. The number of hydrogen-bond acceptors (Lipinski definition) is 4. The molecule has 2 N–H and O–H groups in total. The third-order valence-corrected chi connectivity index (χ3v) is 4.02. The van der Waals surface area contributed by atoms with E-state index in [1.165, 1.54) is 11.3 Å². The number of rotatable bonds is 3. The van der Waals surface area contributed by atoms with Crippen LogP contribution in [0.4, 0.5) is 0 Å². The molecular weight excluding hydrogens is 246 g/mol. The number of thiophene rings is 1. The topological polar surface area (TPSA) is 52.3 Å². The van der Waals surface area contributed by atoms with Gasteiger partial charge in [0, 0.05) is 4.88 Å². The standard InChI is InChI=1S/C14H15NO2S/c1-3-11-12(10-7-5-4-6-8-10)9(2)18-13(11)14(16)17-15/h4-8H,3,15H2,1-2H3. The lowest BCUT2D eigenvalue weighted by atomic mass is 9.99. The van der Waals surface area contributed by atoms with E-state index in [1.807, 2.05) is 44.2 Å². The Bertz CT molecular complexity index is 561. The quantitative estimate of drug-likeness (QED) is 0.862. The summed E-state index contributed by atoms with van der Waals surface area (Å²) in [7, 11) is 0. The van der Waals surface area contributed by atoms with E-state index in [2.05, 4.69) is 4.84 Å². The summed E-state index contributed by atoms with van der Waals surface area (Å²) in [6.07, 6.45) is 0.777. The zero-order chi connectivity index (χ0) is 13.1. The van der Waals surface area contributed by atoms with Gasteiger partial charge < -0.3 is 4.84 Å². The van der Waals surface area contributed by atoms with Crippen LogP contribution in [0.15, 0.2) is 30.3 Å². The Morgan fingerprint density at radius 1 is 1.33 bits per heavy atom. The average Bonchev–Trinajstić information content (AvgIpc) is 2.75. The van der Waals surface area contributed by atoms with Crippen molar-refractivity contribution in [2.24, 2.45) is 5.90 Å². The fourth-order valence-electron chi connectivity index (χ4n) is 2.13. The van der Waals surface area contributed by atoms with Crippen LogP contribution in [-0.2, 0) is 11.3 Å². The Morgan fingerprint density at radius 2 is 2.00 bits per heavy atom. The number of benzene rings is 1. The zero-order valence-electron chi connectivity index (χ0n) is 10.4. The van der Waals surface area contributed by atoms with Crippen LogP contribution in [0.1, 0.15) is 27.0 Å². The van der Waals surface area contributed by atoms with Gasteiger partial charge in [0.1, 0.15) is 4.88 Å². The molecule has 2 rings (SSSR count). The second kappa shape index (κ2) is 5.33. The predicted molar refractivity (Wildman–Crippen MR) is 73.5 cm³/mol. The van der Waals surface area contributed by atoms with Crippen LogP contribution in [0, 0.1) is 6.92 Å². The lowest BCUT2D eigenvalue weighted by molar-refractivity contribution is 0.0508. The van der Waals surface area contributed by atoms with Crippen LogP contribution in [-0.4, -0.2) is 5.97 Å². The van der Waals surface area contributed by atoms with E-state index in [9.17, 15) is 4.79 Å². The van der Waals surface area contributed by atoms with Gasteiger partial charge in [-0.15, -0.1) is 11.3 Å². The second-order valence-corrected chi connectivity index (χ2v) is 5.19. The van der Waals surface area contributed by atoms with Gasteiger partial charge in [0.25, 0.3) is 0 Å². The molecule has 0 atom stereocenters. The fraction of sp³-hybridized carbons (Fsp3) is 0.214. The molecule has 0 aliphatic rings. The Labute approximate surface area is 110 Å². The van der Waals surface area contributed by atoms with Gasteiger partial charge in [-0.25, -0.2) is 4.79 Å². The SMILES string of the molecule is CCc1c(C(=O)ON)sc(C)c1-c1ccccc1. The van der Waals surface area contributed by atoms with Crippen molar-refractivity contribution < 1.29 is 9.63 Å². The van der Waals surface area contributed by atoms with E-state index in [1.54, 1.807) is 0 Å². The minimum Gasteiger partial charge on any atom is -0.369 e. The highest BCUT2D eigenvalue weighted by Crippen LogP contribution is 2.36. The molecule has 0 saturated heterocycles. The first-order valence-corrected chi connectivity index (χ1v) is 6.59. The third-order valence-electron chi connectivity index (χ3n) is 2.89. The van der Waals surface area contributed by atoms with Crippen molar-refractivity contribution in [2.75, 3.05) is 0 Å². The molecule has 4 heteroatoms. The van der Waals surface area contributed by atoms with Crippen molar-refractivity contribution in [3.8, 4) is 11.1 Å². The molecule has 18 heavy (non-hydrogen) atoms. The molecule has 2 aromatic rings. The number of nitrogens with two attached hydrogens (primary N) is 1. The number of carbonyl (C=O) groups excluding carboxylic acids is 1. The van der Waals surface area contributed by atoms with Crippen LogP contribution < -0.4 is 5.90 Å². The van der Waals surface area contributed by atoms with E-state index in [4.69, 9.17) is 5.90 Å². The predicted octanol–water partition coefficient (Wildman–Crippen LogP) is 3.32. The Hall–Kier alpha value is -1.65. The highest BCUT2D eigenvalue weighted by molar-refractivity contribution is 7.14. The lowest BCUT2D eigenvalue weighted by Crippen LogP contribution is -2.10. The van der Waals surface area contributed by atoms with Gasteiger partial charge in [-0.3, -0.25) is 0 Å². The fourth-order valence-corrected chi connectivity index (χ4v) is 3.28. The van der Waals surface area contributed by atoms with Crippen LogP contribution in [0.5, 0.6) is 0 Å². The van der Waals surface area contributed by atoms with Crippen molar-refractivity contribution in [3.63, 3.8) is 0 Å². The molecule has 1 aromatic heterocycles. The first-order chi connectivity index (χ1) is 8.69. The normalized spacial score (nSPS) is 10.4. The molecule has 3 nitrogen and oxygen atoms in total. The molecule has 0 radical (unpaired) electrons. The number of hydrogen-bond donors (Lipinski definition) is 1. The number of carbonyl (C=O) groups is 1. The van der Waals surface area contributed by atoms with E-state index in [0.29, 0.717) is 4.88 Å². The van der Waals surface area contributed by atoms with Crippen molar-refractivity contribution in [3.05, 3.63) is 45.6 Å². The van der Waals surface area contributed by atoms with Gasteiger partial charge in [-0.2, -0.15) is 5.90 Å². The number of aryl methyl sites for hydroxylation is 1. The highest BCUT2D eigenvalue weighted by Gasteiger charge is 2.21. The summed E-state index contributed by atoms with van der Waals surface area (Å²) in [6.45, 7) is 4.04. The first kappa shape index (κ1) is 12.8. The molecule has 0 amide bonds. The Morgan fingerprint density at radius 3 is 2.56 bits per heavy atom. The molecule has 0 saturated carbocycles. The van der Waals surface area contributed by atoms with Gasteiger partial charge in [-0.1, -0.05) is 37.3 Å². The van der Waals surface area contributed by atoms with Crippen molar-refractivity contribution >= 4 is 17.3 Å². The lowest BCUT2D eigenvalue weighted by Gasteiger charge is -2.05. The summed E-state index contributed by atoms with van der Waals surface area (Å²) in [4.78, 5) is 17.7. The van der Waals surface area contributed by atoms with Gasteiger partial charge >= 0.3 is 5.97 Å². The third kappa shape index (κ3) is 2.17. The Kier molecular flexibility index (Phi) is 3.79. The zero-order valence-corrected chi connectivity index (χ0v) is 11.2. The molecule has 0 spiro atoms. The van der Waals surface area contributed by atoms with Crippen LogP contribution in [0.3, 0.4) is 0 Å². The van der Waals surface area contributed by atoms with Crippen LogP contribution in [0.25, 0.3) is 11.1 Å². The molecule has 94 valence electrons. The molecule has 0 bridgehead atoms. The minimum absolute atomic E-state index is 0.456. The van der Waals surface area contributed by atoms with E-state index in [-0.39, 0.29) is 0 Å². The van der Waals surface area contributed by atoms with Crippen molar-refractivity contribution in [1.29, 1.82) is 0 Å². The summed E-state index contributed by atoms with van der Waals surface area (Å²) < 4.78 is 0. The smallest absolute Gasteiger partial charge is 0.367 e. The summed E-state index contributed by atoms with van der Waals surface area (Å²) in [6, 6.07) is 10.1. The Balaban J connectivity index is 2.61. The van der Waals surface area contributed by atoms with Gasteiger partial charge in [0.05, 0.1) is 0 Å². The van der Waals surface area contributed by atoms with Crippen molar-refractivity contribution in [1.82, 2.24) is 0 Å². The highest BCUT2D eigenvalue weighted by atomic mass is 32.1. The maximum atomic E-state index is 11.7. The van der Waals surface area contributed by atoms with Crippen molar-refractivity contribution in [2.45, 2.75) is 20.3 Å². The van der Waals surface area contributed by atoms with E-state index in [0.717, 1.165) is 28.0 Å². The largest absolute Gasteiger partial charge is 0.369 e. The van der Waals surface area contributed by atoms with E-state index >= 15 is 0 Å². The minimum atomic E-state index is -0.456. The van der Waals surface area contributed by atoms with Crippen LogP contribution >= 0.6 is 11.3 Å². The van der Waals surface area contributed by atoms with Crippen LogP contribution in [0.2, 0.25) is 0 Å².